The van der Waals surface area contributed by atoms with Gasteiger partial charge in [-0.25, -0.2) is 14.3 Å². The number of hydrogen-bond donors (Lipinski definition) is 0. The first-order valence-corrected chi connectivity index (χ1v) is 8.33. The molecule has 0 saturated carbocycles. The van der Waals surface area contributed by atoms with Crippen molar-refractivity contribution >= 4 is 11.8 Å². The molecule has 0 fully saturated rings. The summed E-state index contributed by atoms with van der Waals surface area (Å²) in [4.78, 5) is 31.0. The fourth-order valence-electron chi connectivity index (χ4n) is 3.04. The maximum Gasteiger partial charge on any atom is 0.342 e. The van der Waals surface area contributed by atoms with Crippen LogP contribution in [0.5, 0.6) is 0 Å². The Balaban J connectivity index is 1.73. The summed E-state index contributed by atoms with van der Waals surface area (Å²) in [6.07, 6.45) is 4.60. The van der Waals surface area contributed by atoms with Crippen molar-refractivity contribution in [3.63, 3.8) is 0 Å². The molecule has 9 heteroatoms. The van der Waals surface area contributed by atoms with Gasteiger partial charge in [0.2, 0.25) is 0 Å². The van der Waals surface area contributed by atoms with Crippen LogP contribution in [0, 0.1) is 30.9 Å². The van der Waals surface area contributed by atoms with Gasteiger partial charge in [0.1, 0.15) is 19.3 Å². The van der Waals surface area contributed by atoms with Crippen molar-refractivity contribution in [3.8, 4) is 5.69 Å². The summed E-state index contributed by atoms with van der Waals surface area (Å²) in [7, 11) is 0. The van der Waals surface area contributed by atoms with Crippen LogP contribution in [0.4, 0.5) is 5.82 Å². The second kappa shape index (κ2) is 7.40. The molecule has 0 unspecified atom stereocenters. The minimum Gasteiger partial charge on any atom is -0.458 e. The van der Waals surface area contributed by atoms with Gasteiger partial charge in [-0.15, -0.1) is 0 Å². The lowest BCUT2D eigenvalue weighted by atomic mass is 10.2. The molecule has 0 aliphatic heterocycles. The second-order valence-corrected chi connectivity index (χ2v) is 6.04. The lowest BCUT2D eigenvalue weighted by Crippen LogP contribution is -2.14. The summed E-state index contributed by atoms with van der Waals surface area (Å²) < 4.78 is 8.67. The Morgan fingerprint density at radius 2 is 2.07 bits per heavy atom. The molecule has 0 aromatic carbocycles. The summed E-state index contributed by atoms with van der Waals surface area (Å²) in [6.45, 7) is 5.56. The Morgan fingerprint density at radius 3 is 2.74 bits per heavy atom. The number of carbonyl (C=O) groups is 1. The first-order valence-electron chi connectivity index (χ1n) is 8.33. The fraction of sp³-hybridized carbons (Fsp3) is 0.278. The van der Waals surface area contributed by atoms with Crippen molar-refractivity contribution in [1.82, 2.24) is 19.1 Å². The molecule has 27 heavy (non-hydrogen) atoms. The number of rotatable bonds is 6. The van der Waals surface area contributed by atoms with E-state index in [9.17, 15) is 14.9 Å². The van der Waals surface area contributed by atoms with Crippen LogP contribution in [0.2, 0.25) is 0 Å². The predicted octanol–water partition coefficient (Wildman–Crippen LogP) is 2.76. The molecule has 140 valence electrons. The molecule has 0 radical (unpaired) electrons. The number of aromatic nitrogens is 4. The monoisotopic (exact) mass is 369 g/mol. The highest BCUT2D eigenvalue weighted by Gasteiger charge is 2.20. The summed E-state index contributed by atoms with van der Waals surface area (Å²) in [5.74, 6) is -0.107. The maximum absolute atomic E-state index is 12.5. The lowest BCUT2D eigenvalue weighted by molar-refractivity contribution is -0.392. The van der Waals surface area contributed by atoms with E-state index in [4.69, 9.17) is 4.74 Å². The third-order valence-corrected chi connectivity index (χ3v) is 4.32. The van der Waals surface area contributed by atoms with Crippen LogP contribution in [-0.4, -0.2) is 36.6 Å². The molecule has 3 heterocycles. The number of nitro groups is 1. The van der Waals surface area contributed by atoms with Gasteiger partial charge in [-0.1, -0.05) is 0 Å². The Morgan fingerprint density at radius 1 is 1.30 bits per heavy atom. The van der Waals surface area contributed by atoms with Gasteiger partial charge in [-0.2, -0.15) is 0 Å². The van der Waals surface area contributed by atoms with Gasteiger partial charge in [-0.05, 0) is 37.0 Å². The third-order valence-electron chi connectivity index (χ3n) is 4.32. The Bertz CT molecular complexity index is 991. The molecule has 0 bridgehead atoms. The minimum atomic E-state index is -0.511. The Hall–Kier alpha value is -3.49. The van der Waals surface area contributed by atoms with Gasteiger partial charge in [-0.3, -0.25) is 4.98 Å². The standard InChI is InChI=1S/C18H19N5O4/c1-12-9-16(13(2)22(12)15-5-4-6-19-10-15)18(24)27-8-7-21-14(3)20-11-17(21)23(25)26/h4-6,9-11H,7-8H2,1-3H3. The van der Waals surface area contributed by atoms with E-state index in [2.05, 4.69) is 9.97 Å². The highest BCUT2D eigenvalue weighted by molar-refractivity contribution is 5.91. The molecule has 3 aromatic heterocycles. The highest BCUT2D eigenvalue weighted by atomic mass is 16.6. The highest BCUT2D eigenvalue weighted by Crippen LogP contribution is 2.21. The molecule has 0 N–H and O–H groups in total. The maximum atomic E-state index is 12.5. The number of nitrogens with zero attached hydrogens (tertiary/aromatic N) is 5. The van der Waals surface area contributed by atoms with Crippen molar-refractivity contribution in [2.45, 2.75) is 27.3 Å². The normalized spacial score (nSPS) is 10.8. The van der Waals surface area contributed by atoms with Gasteiger partial charge in [0.15, 0.2) is 5.82 Å². The van der Waals surface area contributed by atoms with Crippen LogP contribution in [-0.2, 0) is 11.3 Å². The molecule has 0 saturated heterocycles. The number of hydrogen-bond acceptors (Lipinski definition) is 6. The average Bonchev–Trinajstić information content (AvgIpc) is 3.15. The zero-order chi connectivity index (χ0) is 19.6. The van der Waals surface area contributed by atoms with E-state index in [0.29, 0.717) is 11.4 Å². The van der Waals surface area contributed by atoms with Crippen molar-refractivity contribution in [3.05, 3.63) is 69.7 Å². The molecule has 0 atom stereocenters. The van der Waals surface area contributed by atoms with Gasteiger partial charge in [0.05, 0.1) is 17.4 Å². The number of pyridine rings is 1. The van der Waals surface area contributed by atoms with E-state index in [0.717, 1.165) is 17.1 Å². The van der Waals surface area contributed by atoms with Gasteiger partial charge < -0.3 is 19.4 Å². The number of aryl methyl sites for hydroxylation is 2. The summed E-state index contributed by atoms with van der Waals surface area (Å²) >= 11 is 0. The van der Waals surface area contributed by atoms with Crippen LogP contribution in [0.15, 0.2) is 36.8 Å². The van der Waals surface area contributed by atoms with E-state index >= 15 is 0 Å². The Kier molecular flexibility index (Phi) is 5.02. The first-order chi connectivity index (χ1) is 12.9. The van der Waals surface area contributed by atoms with Gasteiger partial charge in [0, 0.05) is 24.5 Å². The van der Waals surface area contributed by atoms with Crippen LogP contribution >= 0.6 is 0 Å². The Labute approximate surface area is 155 Å². The van der Waals surface area contributed by atoms with Crippen LogP contribution < -0.4 is 0 Å². The third kappa shape index (κ3) is 3.57. The molecule has 0 spiro atoms. The van der Waals surface area contributed by atoms with E-state index < -0.39 is 10.9 Å². The minimum absolute atomic E-state index is 0.00737. The number of ether oxygens (including phenoxy) is 1. The molecule has 3 rings (SSSR count). The van der Waals surface area contributed by atoms with Crippen molar-refractivity contribution in [2.24, 2.45) is 0 Å². The molecule has 0 aliphatic rings. The molecule has 9 nitrogen and oxygen atoms in total. The zero-order valence-electron chi connectivity index (χ0n) is 15.2. The number of esters is 1. The molecule has 3 aromatic rings. The zero-order valence-corrected chi connectivity index (χ0v) is 15.2. The van der Waals surface area contributed by atoms with E-state index in [1.165, 1.54) is 10.8 Å². The van der Waals surface area contributed by atoms with E-state index in [1.807, 2.05) is 30.5 Å². The average molecular weight is 369 g/mol. The van der Waals surface area contributed by atoms with Crippen molar-refractivity contribution in [1.29, 1.82) is 0 Å². The van der Waals surface area contributed by atoms with Crippen molar-refractivity contribution < 1.29 is 14.5 Å². The lowest BCUT2D eigenvalue weighted by Gasteiger charge is -2.09. The van der Waals surface area contributed by atoms with Crippen LogP contribution in [0.3, 0.4) is 0 Å². The number of imidazole rings is 1. The largest absolute Gasteiger partial charge is 0.458 e. The molecular formula is C18H19N5O4. The summed E-state index contributed by atoms with van der Waals surface area (Å²) in [6, 6.07) is 5.49. The second-order valence-electron chi connectivity index (χ2n) is 6.04. The van der Waals surface area contributed by atoms with Crippen LogP contribution in [0.1, 0.15) is 27.6 Å². The molecule has 0 aliphatic carbocycles. The van der Waals surface area contributed by atoms with Crippen LogP contribution in [0.25, 0.3) is 5.69 Å². The summed E-state index contributed by atoms with van der Waals surface area (Å²) in [5, 5.41) is 11.0. The smallest absolute Gasteiger partial charge is 0.342 e. The first kappa shape index (κ1) is 18.3. The molecule has 0 amide bonds. The van der Waals surface area contributed by atoms with Gasteiger partial charge in [0.25, 0.3) is 0 Å². The van der Waals surface area contributed by atoms with E-state index in [1.54, 1.807) is 25.4 Å². The van der Waals surface area contributed by atoms with Gasteiger partial charge >= 0.3 is 11.8 Å². The number of carbonyl (C=O) groups excluding carboxylic acids is 1. The fourth-order valence-corrected chi connectivity index (χ4v) is 3.04. The quantitative estimate of drug-likeness (QED) is 0.376. The van der Waals surface area contributed by atoms with Crippen molar-refractivity contribution in [2.75, 3.05) is 6.61 Å². The SMILES string of the molecule is Cc1ncc([N+](=O)[O-])n1CCOC(=O)c1cc(C)n(-c2cccnc2)c1C. The summed E-state index contributed by atoms with van der Waals surface area (Å²) in [5.41, 5.74) is 2.94. The predicted molar refractivity (Wildman–Crippen MR) is 96.9 cm³/mol. The topological polar surface area (TPSA) is 105 Å². The van der Waals surface area contributed by atoms with E-state index in [-0.39, 0.29) is 19.0 Å². The molecular weight excluding hydrogens is 350 g/mol.